The second-order valence-electron chi connectivity index (χ2n) is 5.76. The molecule has 2 rings (SSSR count). The van der Waals surface area contributed by atoms with Gasteiger partial charge in [-0.15, -0.1) is 0 Å². The number of carbonyl (C=O) groups is 1. The second-order valence-corrected chi connectivity index (χ2v) is 5.76. The van der Waals surface area contributed by atoms with E-state index in [2.05, 4.69) is 4.90 Å². The van der Waals surface area contributed by atoms with E-state index >= 15 is 0 Å². The van der Waals surface area contributed by atoms with Crippen molar-refractivity contribution in [3.05, 3.63) is 70.8 Å². The number of hydrogen-bond acceptors (Lipinski definition) is 3. The van der Waals surface area contributed by atoms with Crippen LogP contribution in [0.3, 0.4) is 0 Å². The molecule has 23 heavy (non-hydrogen) atoms. The molecule has 0 radical (unpaired) electrons. The van der Waals surface area contributed by atoms with Gasteiger partial charge >= 0.3 is 5.97 Å². The number of aryl methyl sites for hydroxylation is 1. The number of rotatable bonds is 7. The van der Waals surface area contributed by atoms with Gasteiger partial charge in [-0.3, -0.25) is 4.90 Å². The summed E-state index contributed by atoms with van der Waals surface area (Å²) in [5.41, 5.74) is 3.28. The van der Waals surface area contributed by atoms with Crippen LogP contribution in [-0.2, 0) is 6.54 Å². The minimum absolute atomic E-state index is 0.289. The molecule has 0 heterocycles. The third-order valence-corrected chi connectivity index (χ3v) is 3.92. The Labute approximate surface area is 137 Å². The van der Waals surface area contributed by atoms with Crippen LogP contribution in [0.1, 0.15) is 40.1 Å². The van der Waals surface area contributed by atoms with Crippen LogP contribution in [0.25, 0.3) is 0 Å². The molecular weight excluding hydrogens is 290 g/mol. The van der Waals surface area contributed by atoms with Crippen LogP contribution < -0.4 is 0 Å². The van der Waals surface area contributed by atoms with Crippen LogP contribution >= 0.6 is 0 Å². The smallest absolute Gasteiger partial charge is 0.335 e. The molecule has 122 valence electrons. The zero-order valence-corrected chi connectivity index (χ0v) is 13.6. The van der Waals surface area contributed by atoms with Crippen LogP contribution in [0.5, 0.6) is 0 Å². The fourth-order valence-electron chi connectivity index (χ4n) is 2.50. The maximum absolute atomic E-state index is 11.0. The van der Waals surface area contributed by atoms with Crippen molar-refractivity contribution in [2.75, 3.05) is 13.1 Å². The van der Waals surface area contributed by atoms with Gasteiger partial charge in [0.1, 0.15) is 0 Å². The van der Waals surface area contributed by atoms with Gasteiger partial charge in [-0.05, 0) is 36.7 Å². The summed E-state index contributed by atoms with van der Waals surface area (Å²) >= 11 is 0. The summed E-state index contributed by atoms with van der Waals surface area (Å²) < 4.78 is 0. The van der Waals surface area contributed by atoms with Gasteiger partial charge in [0.05, 0.1) is 11.7 Å². The molecule has 0 amide bonds. The van der Waals surface area contributed by atoms with Crippen molar-refractivity contribution in [2.24, 2.45) is 0 Å². The molecular formula is C19H23NO3. The van der Waals surface area contributed by atoms with Crippen molar-refractivity contribution >= 4 is 5.97 Å². The monoisotopic (exact) mass is 313 g/mol. The van der Waals surface area contributed by atoms with Gasteiger partial charge in [0, 0.05) is 13.1 Å². The number of aliphatic hydroxyl groups excluding tert-OH is 1. The summed E-state index contributed by atoms with van der Waals surface area (Å²) in [6.07, 6.45) is -0.557. The average Bonchev–Trinajstić information content (AvgIpc) is 2.55. The Bertz CT molecular complexity index is 652. The van der Waals surface area contributed by atoms with Gasteiger partial charge in [0.2, 0.25) is 0 Å². The Morgan fingerprint density at radius 1 is 1.17 bits per heavy atom. The number of benzene rings is 2. The molecule has 0 bridgehead atoms. The number of carboxylic acid groups (broad SMARTS) is 1. The second kappa shape index (κ2) is 7.90. The molecule has 0 aliphatic rings. The highest BCUT2D eigenvalue weighted by atomic mass is 16.4. The molecule has 0 fully saturated rings. The molecule has 2 N–H and O–H groups in total. The van der Waals surface area contributed by atoms with E-state index < -0.39 is 12.1 Å². The summed E-state index contributed by atoms with van der Waals surface area (Å²) in [4.78, 5) is 13.1. The fraction of sp³-hybridized carbons (Fsp3) is 0.316. The molecule has 0 saturated carbocycles. The molecule has 0 saturated heterocycles. The predicted molar refractivity (Wildman–Crippen MR) is 90.5 cm³/mol. The van der Waals surface area contributed by atoms with Crippen molar-refractivity contribution in [1.29, 1.82) is 0 Å². The Kier molecular flexibility index (Phi) is 5.90. The zero-order chi connectivity index (χ0) is 16.8. The van der Waals surface area contributed by atoms with Crippen molar-refractivity contribution < 1.29 is 15.0 Å². The molecule has 4 heteroatoms. The van der Waals surface area contributed by atoms with Gasteiger partial charge in [0.15, 0.2) is 0 Å². The summed E-state index contributed by atoms with van der Waals surface area (Å²) in [6.45, 7) is 5.95. The lowest BCUT2D eigenvalue weighted by Crippen LogP contribution is -2.28. The highest BCUT2D eigenvalue weighted by Crippen LogP contribution is 2.17. The Morgan fingerprint density at radius 3 is 2.48 bits per heavy atom. The Hall–Kier alpha value is -2.17. The van der Waals surface area contributed by atoms with Crippen molar-refractivity contribution in [3.63, 3.8) is 0 Å². The van der Waals surface area contributed by atoms with Crippen LogP contribution in [0.2, 0.25) is 0 Å². The molecule has 2 aromatic rings. The van der Waals surface area contributed by atoms with Crippen molar-refractivity contribution in [2.45, 2.75) is 26.5 Å². The lowest BCUT2D eigenvalue weighted by molar-refractivity contribution is 0.0696. The first-order valence-electron chi connectivity index (χ1n) is 7.78. The number of nitrogens with zero attached hydrogens (tertiary/aromatic N) is 1. The predicted octanol–water partition coefficient (Wildman–Crippen LogP) is 3.25. The highest BCUT2D eigenvalue weighted by Gasteiger charge is 2.13. The van der Waals surface area contributed by atoms with Crippen LogP contribution in [0.4, 0.5) is 0 Å². The third kappa shape index (κ3) is 4.91. The average molecular weight is 313 g/mol. The third-order valence-electron chi connectivity index (χ3n) is 3.92. The summed E-state index contributed by atoms with van der Waals surface area (Å²) in [7, 11) is 0. The SMILES string of the molecule is CCN(Cc1cccc(C(=O)O)c1)CC(O)c1ccc(C)cc1. The van der Waals surface area contributed by atoms with Gasteiger partial charge in [-0.2, -0.15) is 0 Å². The van der Waals surface area contributed by atoms with E-state index in [9.17, 15) is 9.90 Å². The van der Waals surface area contributed by atoms with Gasteiger partial charge in [0.25, 0.3) is 0 Å². The highest BCUT2D eigenvalue weighted by molar-refractivity contribution is 5.87. The maximum Gasteiger partial charge on any atom is 0.335 e. The Morgan fingerprint density at radius 2 is 1.87 bits per heavy atom. The quantitative estimate of drug-likeness (QED) is 0.824. The topological polar surface area (TPSA) is 60.8 Å². The van der Waals surface area contributed by atoms with E-state index in [0.717, 1.165) is 17.7 Å². The maximum atomic E-state index is 11.0. The summed E-state index contributed by atoms with van der Waals surface area (Å²) in [6, 6.07) is 14.8. The summed E-state index contributed by atoms with van der Waals surface area (Å²) in [5.74, 6) is -0.922. The normalized spacial score (nSPS) is 12.3. The van der Waals surface area contributed by atoms with E-state index in [0.29, 0.717) is 13.1 Å². The van der Waals surface area contributed by atoms with E-state index in [-0.39, 0.29) is 5.56 Å². The number of aliphatic hydroxyl groups is 1. The van der Waals surface area contributed by atoms with E-state index in [1.165, 1.54) is 5.56 Å². The molecule has 0 aliphatic heterocycles. The van der Waals surface area contributed by atoms with E-state index in [1.54, 1.807) is 18.2 Å². The van der Waals surface area contributed by atoms with Gasteiger partial charge in [-0.25, -0.2) is 4.79 Å². The molecule has 1 atom stereocenters. The largest absolute Gasteiger partial charge is 0.478 e. The fourth-order valence-corrected chi connectivity index (χ4v) is 2.50. The first kappa shape index (κ1) is 17.2. The van der Waals surface area contributed by atoms with E-state index in [4.69, 9.17) is 5.11 Å². The Balaban J connectivity index is 2.03. The molecule has 2 aromatic carbocycles. The number of carboxylic acids is 1. The number of likely N-dealkylation sites (N-methyl/N-ethyl adjacent to an activating group) is 1. The van der Waals surface area contributed by atoms with Crippen molar-refractivity contribution in [1.82, 2.24) is 4.90 Å². The molecule has 1 unspecified atom stereocenters. The van der Waals surface area contributed by atoms with Gasteiger partial charge in [-0.1, -0.05) is 48.9 Å². The lowest BCUT2D eigenvalue weighted by atomic mass is 10.1. The van der Waals surface area contributed by atoms with Crippen LogP contribution in [-0.4, -0.2) is 34.2 Å². The zero-order valence-electron chi connectivity index (χ0n) is 13.6. The summed E-state index contributed by atoms with van der Waals surface area (Å²) in [5, 5.41) is 19.5. The standard InChI is InChI=1S/C19H23NO3/c1-3-20(12-15-5-4-6-17(11-15)19(22)23)13-18(21)16-9-7-14(2)8-10-16/h4-11,18,21H,3,12-13H2,1-2H3,(H,22,23). The van der Waals surface area contributed by atoms with Crippen LogP contribution in [0.15, 0.2) is 48.5 Å². The van der Waals surface area contributed by atoms with E-state index in [1.807, 2.05) is 44.2 Å². The van der Waals surface area contributed by atoms with Crippen LogP contribution in [0, 0.1) is 6.92 Å². The molecule has 0 spiro atoms. The van der Waals surface area contributed by atoms with Crippen molar-refractivity contribution in [3.8, 4) is 0 Å². The lowest BCUT2D eigenvalue weighted by Gasteiger charge is -2.24. The number of aromatic carboxylic acids is 1. The molecule has 0 aliphatic carbocycles. The molecule has 4 nitrogen and oxygen atoms in total. The first-order valence-corrected chi connectivity index (χ1v) is 7.78. The molecule has 0 aromatic heterocycles. The minimum Gasteiger partial charge on any atom is -0.478 e. The first-order chi connectivity index (χ1) is 11.0. The van der Waals surface area contributed by atoms with Gasteiger partial charge < -0.3 is 10.2 Å². The minimum atomic E-state index is -0.922. The number of hydrogen-bond donors (Lipinski definition) is 2.